The molecule has 0 unspecified atom stereocenters. The topological polar surface area (TPSA) is 55.4 Å². The van der Waals surface area contributed by atoms with Gasteiger partial charge in [0.2, 0.25) is 0 Å². The molecule has 0 aromatic heterocycles. The van der Waals surface area contributed by atoms with Crippen LogP contribution in [0.5, 0.6) is 0 Å². The summed E-state index contributed by atoms with van der Waals surface area (Å²) in [7, 11) is 0. The van der Waals surface area contributed by atoms with Crippen molar-refractivity contribution in [3.8, 4) is 0 Å². The first-order chi connectivity index (χ1) is 12.1. The van der Waals surface area contributed by atoms with Gasteiger partial charge in [-0.05, 0) is 35.8 Å². The van der Waals surface area contributed by atoms with Gasteiger partial charge in [0.25, 0.3) is 5.91 Å². The second-order valence-electron chi connectivity index (χ2n) is 5.15. The Labute approximate surface area is 150 Å². The average molecular weight is 362 g/mol. The van der Waals surface area contributed by atoms with Gasteiger partial charge in [-0.25, -0.2) is 9.18 Å². The van der Waals surface area contributed by atoms with E-state index in [4.69, 9.17) is 16.3 Å². The maximum absolute atomic E-state index is 13.4. The summed E-state index contributed by atoms with van der Waals surface area (Å²) in [6, 6.07) is 13.4. The number of carbonyl (C=O) groups is 2. The molecule has 2 aromatic carbocycles. The first kappa shape index (κ1) is 18.7. The molecule has 0 saturated heterocycles. The molecule has 1 amide bonds. The molecule has 0 radical (unpaired) electrons. The Morgan fingerprint density at radius 1 is 1.12 bits per heavy atom. The van der Waals surface area contributed by atoms with Gasteiger partial charge in [0.15, 0.2) is 6.61 Å². The van der Waals surface area contributed by atoms with Crippen LogP contribution in [0.15, 0.2) is 54.6 Å². The largest absolute Gasteiger partial charge is 0.452 e. The van der Waals surface area contributed by atoms with E-state index < -0.39 is 18.5 Å². The molecule has 0 aliphatic rings. The fourth-order valence-corrected chi connectivity index (χ4v) is 2.24. The molecule has 4 nitrogen and oxygen atoms in total. The highest BCUT2D eigenvalue weighted by atomic mass is 35.5. The Balaban J connectivity index is 1.70. The van der Waals surface area contributed by atoms with Crippen molar-refractivity contribution in [2.24, 2.45) is 0 Å². The molecule has 2 aromatic rings. The molecule has 130 valence electrons. The van der Waals surface area contributed by atoms with Crippen LogP contribution in [0, 0.1) is 5.82 Å². The van der Waals surface area contributed by atoms with Crippen LogP contribution in [-0.2, 0) is 20.7 Å². The summed E-state index contributed by atoms with van der Waals surface area (Å²) in [6.45, 7) is -0.143. The molecule has 1 N–H and O–H groups in total. The number of amides is 1. The van der Waals surface area contributed by atoms with Crippen LogP contribution >= 0.6 is 11.6 Å². The average Bonchev–Trinajstić information content (AvgIpc) is 2.61. The van der Waals surface area contributed by atoms with Crippen molar-refractivity contribution in [3.63, 3.8) is 0 Å². The first-order valence-electron chi connectivity index (χ1n) is 7.66. The van der Waals surface area contributed by atoms with E-state index in [-0.39, 0.29) is 12.4 Å². The maximum Gasteiger partial charge on any atom is 0.331 e. The van der Waals surface area contributed by atoms with Gasteiger partial charge in [0, 0.05) is 17.6 Å². The van der Waals surface area contributed by atoms with Gasteiger partial charge in [-0.15, -0.1) is 0 Å². The molecule has 0 aliphatic carbocycles. The molecular weight excluding hydrogens is 345 g/mol. The molecule has 0 fully saturated rings. The maximum atomic E-state index is 13.4. The summed E-state index contributed by atoms with van der Waals surface area (Å²) >= 11 is 5.96. The number of halogens is 2. The molecule has 6 heteroatoms. The van der Waals surface area contributed by atoms with Gasteiger partial charge in [-0.2, -0.15) is 0 Å². The molecule has 25 heavy (non-hydrogen) atoms. The SMILES string of the molecule is O=C(COC(=O)/C=C/c1ccccc1Cl)NCCc1ccccc1F. The van der Waals surface area contributed by atoms with E-state index in [1.165, 1.54) is 18.2 Å². The molecule has 0 atom stereocenters. The number of carbonyl (C=O) groups excluding carboxylic acids is 2. The molecule has 2 rings (SSSR count). The third-order valence-electron chi connectivity index (χ3n) is 3.32. The monoisotopic (exact) mass is 361 g/mol. The Kier molecular flexibility index (Phi) is 7.16. The van der Waals surface area contributed by atoms with Gasteiger partial charge in [-0.3, -0.25) is 4.79 Å². The fourth-order valence-electron chi connectivity index (χ4n) is 2.04. The zero-order valence-electron chi connectivity index (χ0n) is 13.4. The van der Waals surface area contributed by atoms with Crippen molar-refractivity contribution in [2.45, 2.75) is 6.42 Å². The van der Waals surface area contributed by atoms with E-state index in [1.807, 2.05) is 0 Å². The number of ether oxygens (including phenoxy) is 1. The standard InChI is InChI=1S/C19H17ClFNO3/c20-16-7-3-1-5-14(16)9-10-19(24)25-13-18(23)22-12-11-15-6-2-4-8-17(15)21/h1-10H,11-13H2,(H,22,23)/b10-9+. The molecule has 0 aliphatic heterocycles. The van der Waals surface area contributed by atoms with Crippen molar-refractivity contribution in [3.05, 3.63) is 76.6 Å². The number of hydrogen-bond donors (Lipinski definition) is 1. The smallest absolute Gasteiger partial charge is 0.331 e. The lowest BCUT2D eigenvalue weighted by Crippen LogP contribution is -2.30. The molecule has 0 spiro atoms. The van der Waals surface area contributed by atoms with Gasteiger partial charge in [-0.1, -0.05) is 48.0 Å². The van der Waals surface area contributed by atoms with Crippen LogP contribution in [0.1, 0.15) is 11.1 Å². The lowest BCUT2D eigenvalue weighted by Gasteiger charge is -2.06. The summed E-state index contributed by atoms with van der Waals surface area (Å²) < 4.78 is 18.3. The zero-order chi connectivity index (χ0) is 18.1. The van der Waals surface area contributed by atoms with Gasteiger partial charge in [0.05, 0.1) is 0 Å². The van der Waals surface area contributed by atoms with E-state index in [9.17, 15) is 14.0 Å². The normalized spacial score (nSPS) is 10.6. The quantitative estimate of drug-likeness (QED) is 0.607. The Hall–Kier alpha value is -2.66. The third kappa shape index (κ3) is 6.39. The zero-order valence-corrected chi connectivity index (χ0v) is 14.1. The van der Waals surface area contributed by atoms with Crippen LogP contribution in [0.3, 0.4) is 0 Å². The number of nitrogens with one attached hydrogen (secondary N) is 1. The van der Waals surface area contributed by atoms with Gasteiger partial charge < -0.3 is 10.1 Å². The summed E-state index contributed by atoms with van der Waals surface area (Å²) in [6.07, 6.45) is 3.08. The molecule has 0 bridgehead atoms. The van der Waals surface area contributed by atoms with Gasteiger partial charge >= 0.3 is 5.97 Å². The van der Waals surface area contributed by atoms with E-state index in [0.29, 0.717) is 22.6 Å². The second-order valence-corrected chi connectivity index (χ2v) is 5.56. The van der Waals surface area contributed by atoms with Gasteiger partial charge in [0.1, 0.15) is 5.82 Å². The Morgan fingerprint density at radius 2 is 1.84 bits per heavy atom. The van der Waals surface area contributed by atoms with Crippen LogP contribution < -0.4 is 5.32 Å². The first-order valence-corrected chi connectivity index (χ1v) is 8.03. The van der Waals surface area contributed by atoms with Crippen molar-refractivity contribution in [1.29, 1.82) is 0 Å². The minimum Gasteiger partial charge on any atom is -0.452 e. The minimum atomic E-state index is -0.649. The molecule has 0 heterocycles. The summed E-state index contributed by atoms with van der Waals surface area (Å²) in [5, 5.41) is 3.08. The minimum absolute atomic E-state index is 0.257. The van der Waals surface area contributed by atoms with Crippen molar-refractivity contribution < 1.29 is 18.7 Å². The predicted octanol–water partition coefficient (Wildman–Crippen LogP) is 3.39. The van der Waals surface area contributed by atoms with Crippen LogP contribution in [0.25, 0.3) is 6.08 Å². The highest BCUT2D eigenvalue weighted by Gasteiger charge is 2.06. The number of rotatable bonds is 7. The second kappa shape index (κ2) is 9.59. The van der Waals surface area contributed by atoms with Crippen LogP contribution in [0.4, 0.5) is 4.39 Å². The van der Waals surface area contributed by atoms with E-state index >= 15 is 0 Å². The van der Waals surface area contributed by atoms with Crippen molar-refractivity contribution >= 4 is 29.6 Å². The van der Waals surface area contributed by atoms with Crippen molar-refractivity contribution in [2.75, 3.05) is 13.2 Å². The summed E-state index contributed by atoms with van der Waals surface area (Å²) in [5.41, 5.74) is 1.19. The Bertz CT molecular complexity index is 777. The third-order valence-corrected chi connectivity index (χ3v) is 3.67. The highest BCUT2D eigenvalue weighted by Crippen LogP contribution is 2.16. The Morgan fingerprint density at radius 3 is 2.60 bits per heavy atom. The summed E-state index contributed by atoms with van der Waals surface area (Å²) in [5.74, 6) is -1.41. The van der Waals surface area contributed by atoms with Crippen LogP contribution in [0.2, 0.25) is 5.02 Å². The van der Waals surface area contributed by atoms with E-state index in [1.54, 1.807) is 42.5 Å². The van der Waals surface area contributed by atoms with Crippen molar-refractivity contribution in [1.82, 2.24) is 5.32 Å². The highest BCUT2D eigenvalue weighted by molar-refractivity contribution is 6.32. The predicted molar refractivity (Wildman–Crippen MR) is 94.6 cm³/mol. The molecular formula is C19H17ClFNO3. The lowest BCUT2D eigenvalue weighted by molar-refractivity contribution is -0.143. The number of hydrogen-bond acceptors (Lipinski definition) is 3. The van der Waals surface area contributed by atoms with E-state index in [2.05, 4.69) is 5.32 Å². The number of esters is 1. The van der Waals surface area contributed by atoms with E-state index in [0.717, 1.165) is 0 Å². The lowest BCUT2D eigenvalue weighted by atomic mass is 10.1. The molecule has 0 saturated carbocycles. The number of benzene rings is 2. The summed E-state index contributed by atoms with van der Waals surface area (Å²) in [4.78, 5) is 23.2. The van der Waals surface area contributed by atoms with Crippen LogP contribution in [-0.4, -0.2) is 25.0 Å². The fraction of sp³-hybridized carbons (Fsp3) is 0.158.